The van der Waals surface area contributed by atoms with E-state index in [9.17, 15) is 19.1 Å². The molecule has 0 aromatic heterocycles. The molecule has 0 heterocycles. The molecule has 2 saturated carbocycles. The molecule has 2 fully saturated rings. The van der Waals surface area contributed by atoms with Crippen LogP contribution in [-0.2, 0) is 19.1 Å². The molecule has 0 aromatic rings. The SMILES string of the molecule is COC(=O)[C@@]1(F)[C@@H]2[C@@H](O)CC(OC(C)=O)[C@@H]21. The van der Waals surface area contributed by atoms with Crippen molar-refractivity contribution in [1.82, 2.24) is 0 Å². The van der Waals surface area contributed by atoms with Gasteiger partial charge in [-0.3, -0.25) is 4.79 Å². The van der Waals surface area contributed by atoms with Gasteiger partial charge in [0.15, 0.2) is 0 Å². The second-order valence-electron chi connectivity index (χ2n) is 4.26. The fourth-order valence-corrected chi connectivity index (χ4v) is 2.72. The number of ether oxygens (including phenoxy) is 2. The minimum Gasteiger partial charge on any atom is -0.467 e. The summed E-state index contributed by atoms with van der Waals surface area (Å²) in [4.78, 5) is 22.0. The second-order valence-corrected chi connectivity index (χ2v) is 4.26. The maximum Gasteiger partial charge on any atom is 0.344 e. The van der Waals surface area contributed by atoms with Crippen molar-refractivity contribution in [2.24, 2.45) is 11.8 Å². The lowest BCUT2D eigenvalue weighted by atomic mass is 10.1. The van der Waals surface area contributed by atoms with Crippen LogP contribution < -0.4 is 0 Å². The first-order valence-electron chi connectivity index (χ1n) is 5.05. The van der Waals surface area contributed by atoms with Gasteiger partial charge in [-0.25, -0.2) is 9.18 Å². The van der Waals surface area contributed by atoms with E-state index in [1.165, 1.54) is 6.92 Å². The Balaban J connectivity index is 2.14. The van der Waals surface area contributed by atoms with E-state index in [1.807, 2.05) is 0 Å². The van der Waals surface area contributed by atoms with Gasteiger partial charge >= 0.3 is 11.9 Å². The standard InChI is InChI=1S/C10H13FO5/c1-4(12)16-6-3-5(13)7-8(6)10(7,11)9(14)15-2/h5-8,13H,3H2,1-2H3/t5-,6?,7+,8-,10+/m0/s1. The molecule has 2 aliphatic rings. The largest absolute Gasteiger partial charge is 0.467 e. The Labute approximate surface area is 91.5 Å². The number of methoxy groups -OCH3 is 1. The lowest BCUT2D eigenvalue weighted by molar-refractivity contribution is -0.157. The molecule has 0 saturated heterocycles. The maximum atomic E-state index is 14.1. The van der Waals surface area contributed by atoms with Gasteiger partial charge in [0.05, 0.1) is 19.1 Å². The van der Waals surface area contributed by atoms with E-state index in [4.69, 9.17) is 4.74 Å². The highest BCUT2D eigenvalue weighted by Crippen LogP contribution is 2.64. The Morgan fingerprint density at radius 2 is 2.06 bits per heavy atom. The maximum absolute atomic E-state index is 14.1. The Bertz CT molecular complexity index is 344. The molecule has 0 aromatic carbocycles. The summed E-state index contributed by atoms with van der Waals surface area (Å²) in [6.07, 6.45) is -1.52. The number of hydrogen-bond acceptors (Lipinski definition) is 5. The van der Waals surface area contributed by atoms with Crippen LogP contribution in [0.4, 0.5) is 4.39 Å². The van der Waals surface area contributed by atoms with E-state index in [1.54, 1.807) is 0 Å². The summed E-state index contributed by atoms with van der Waals surface area (Å²) in [5, 5.41) is 9.56. The van der Waals surface area contributed by atoms with Crippen LogP contribution in [0.1, 0.15) is 13.3 Å². The average Bonchev–Trinajstić information content (AvgIpc) is 2.69. The van der Waals surface area contributed by atoms with E-state index < -0.39 is 41.7 Å². The predicted molar refractivity (Wildman–Crippen MR) is 49.0 cm³/mol. The molecule has 0 amide bonds. The van der Waals surface area contributed by atoms with Crippen molar-refractivity contribution in [3.8, 4) is 0 Å². The summed E-state index contributed by atoms with van der Waals surface area (Å²) in [5.74, 6) is -3.11. The van der Waals surface area contributed by atoms with Gasteiger partial charge in [-0.15, -0.1) is 0 Å². The molecule has 2 rings (SSSR count). The Hall–Kier alpha value is -1.17. The van der Waals surface area contributed by atoms with Crippen LogP contribution in [0.15, 0.2) is 0 Å². The van der Waals surface area contributed by atoms with E-state index in [0.29, 0.717) is 0 Å². The van der Waals surface area contributed by atoms with Crippen molar-refractivity contribution >= 4 is 11.9 Å². The molecule has 5 nitrogen and oxygen atoms in total. The number of esters is 2. The van der Waals surface area contributed by atoms with Crippen LogP contribution in [0.25, 0.3) is 0 Å². The number of fused-ring (bicyclic) bond motifs is 1. The number of rotatable bonds is 2. The van der Waals surface area contributed by atoms with E-state index in [-0.39, 0.29) is 6.42 Å². The number of aliphatic hydroxyl groups is 1. The van der Waals surface area contributed by atoms with Crippen LogP contribution >= 0.6 is 0 Å². The van der Waals surface area contributed by atoms with Gasteiger partial charge < -0.3 is 14.6 Å². The second kappa shape index (κ2) is 3.41. The molecule has 0 radical (unpaired) electrons. The van der Waals surface area contributed by atoms with Gasteiger partial charge in [-0.2, -0.15) is 0 Å². The highest BCUT2D eigenvalue weighted by Gasteiger charge is 2.81. The minimum atomic E-state index is -2.19. The van der Waals surface area contributed by atoms with Crippen molar-refractivity contribution in [2.75, 3.05) is 7.11 Å². The van der Waals surface area contributed by atoms with Crippen molar-refractivity contribution in [1.29, 1.82) is 0 Å². The molecule has 5 atom stereocenters. The van der Waals surface area contributed by atoms with Crippen LogP contribution in [-0.4, -0.2) is 42.0 Å². The van der Waals surface area contributed by atoms with Crippen molar-refractivity contribution in [2.45, 2.75) is 31.2 Å². The zero-order chi connectivity index (χ0) is 12.1. The molecule has 0 aliphatic heterocycles. The zero-order valence-corrected chi connectivity index (χ0v) is 8.97. The van der Waals surface area contributed by atoms with E-state index >= 15 is 0 Å². The van der Waals surface area contributed by atoms with Gasteiger partial charge in [-0.1, -0.05) is 0 Å². The Kier molecular flexibility index (Phi) is 2.41. The molecule has 90 valence electrons. The molecule has 16 heavy (non-hydrogen) atoms. The van der Waals surface area contributed by atoms with Gasteiger partial charge in [0.1, 0.15) is 6.10 Å². The van der Waals surface area contributed by atoms with Gasteiger partial charge in [0, 0.05) is 19.3 Å². The Morgan fingerprint density at radius 3 is 2.56 bits per heavy atom. The summed E-state index contributed by atoms with van der Waals surface area (Å²) in [6.45, 7) is 1.21. The molecular weight excluding hydrogens is 219 g/mol. The first-order valence-corrected chi connectivity index (χ1v) is 5.05. The quantitative estimate of drug-likeness (QED) is 0.668. The van der Waals surface area contributed by atoms with Crippen LogP contribution in [0.3, 0.4) is 0 Å². The zero-order valence-electron chi connectivity index (χ0n) is 8.97. The number of halogens is 1. The lowest BCUT2D eigenvalue weighted by Gasteiger charge is -2.18. The van der Waals surface area contributed by atoms with Crippen molar-refractivity contribution in [3.05, 3.63) is 0 Å². The third kappa shape index (κ3) is 1.32. The summed E-state index contributed by atoms with van der Waals surface area (Å²) >= 11 is 0. The van der Waals surface area contributed by atoms with Crippen LogP contribution in [0, 0.1) is 11.8 Å². The number of aliphatic hydroxyl groups excluding tert-OH is 1. The topological polar surface area (TPSA) is 72.8 Å². The number of carbonyl (C=O) groups is 2. The number of carbonyl (C=O) groups excluding carboxylic acids is 2. The average molecular weight is 232 g/mol. The number of hydrogen-bond donors (Lipinski definition) is 1. The minimum absolute atomic E-state index is 0.178. The highest BCUT2D eigenvalue weighted by atomic mass is 19.1. The van der Waals surface area contributed by atoms with Crippen molar-refractivity contribution in [3.63, 3.8) is 0 Å². The first-order chi connectivity index (χ1) is 7.42. The third-order valence-corrected chi connectivity index (χ3v) is 3.35. The summed E-state index contributed by atoms with van der Waals surface area (Å²) in [7, 11) is 1.09. The number of alkyl halides is 1. The molecule has 1 unspecified atom stereocenters. The van der Waals surface area contributed by atoms with Gasteiger partial charge in [0.2, 0.25) is 5.67 Å². The van der Waals surface area contributed by atoms with Gasteiger partial charge in [-0.05, 0) is 0 Å². The fraction of sp³-hybridized carbons (Fsp3) is 0.800. The summed E-state index contributed by atoms with van der Waals surface area (Å²) < 4.78 is 23.4. The van der Waals surface area contributed by atoms with Crippen LogP contribution in [0.2, 0.25) is 0 Å². The predicted octanol–water partition coefficient (Wildman–Crippen LogP) is -0.190. The monoisotopic (exact) mass is 232 g/mol. The normalized spacial score (nSPS) is 44.8. The summed E-state index contributed by atoms with van der Waals surface area (Å²) in [5.41, 5.74) is -2.19. The first kappa shape index (κ1) is 11.3. The molecule has 1 N–H and O–H groups in total. The van der Waals surface area contributed by atoms with E-state index in [2.05, 4.69) is 4.74 Å². The fourth-order valence-electron chi connectivity index (χ4n) is 2.72. The molecule has 2 aliphatic carbocycles. The van der Waals surface area contributed by atoms with E-state index in [0.717, 1.165) is 7.11 Å². The van der Waals surface area contributed by atoms with Gasteiger partial charge in [0.25, 0.3) is 0 Å². The molecular formula is C10H13FO5. The lowest BCUT2D eigenvalue weighted by Crippen LogP contribution is -2.34. The van der Waals surface area contributed by atoms with Crippen LogP contribution in [0.5, 0.6) is 0 Å². The van der Waals surface area contributed by atoms with Crippen molar-refractivity contribution < 1.29 is 28.6 Å². The molecule has 6 heteroatoms. The smallest absolute Gasteiger partial charge is 0.344 e. The Morgan fingerprint density at radius 1 is 1.44 bits per heavy atom. The highest BCUT2D eigenvalue weighted by molar-refractivity contribution is 5.85. The third-order valence-electron chi connectivity index (χ3n) is 3.35. The molecule has 0 bridgehead atoms. The summed E-state index contributed by atoms with van der Waals surface area (Å²) in [6, 6.07) is 0. The molecule has 0 spiro atoms.